The number of nitrogens with zero attached hydrogens (tertiary/aromatic N) is 3. The number of benzene rings is 1. The third-order valence-corrected chi connectivity index (χ3v) is 4.72. The van der Waals surface area contributed by atoms with Gasteiger partial charge in [0.05, 0.1) is 19.3 Å². The van der Waals surface area contributed by atoms with Crippen molar-refractivity contribution in [3.8, 4) is 11.6 Å². The van der Waals surface area contributed by atoms with Crippen molar-refractivity contribution >= 4 is 11.6 Å². The third kappa shape index (κ3) is 5.95. The van der Waals surface area contributed by atoms with Gasteiger partial charge in [0.1, 0.15) is 5.75 Å². The Balaban J connectivity index is 1.63. The van der Waals surface area contributed by atoms with Gasteiger partial charge in [0.15, 0.2) is 5.96 Å². The van der Waals surface area contributed by atoms with E-state index in [1.807, 2.05) is 30.0 Å². The van der Waals surface area contributed by atoms with E-state index in [-0.39, 0.29) is 11.8 Å². The van der Waals surface area contributed by atoms with Gasteiger partial charge in [-0.05, 0) is 37.1 Å². The van der Waals surface area contributed by atoms with E-state index in [9.17, 15) is 8.78 Å². The van der Waals surface area contributed by atoms with Gasteiger partial charge in [0, 0.05) is 37.9 Å². The molecule has 1 unspecified atom stereocenters. The molecule has 2 heterocycles. The average Bonchev–Trinajstić information content (AvgIpc) is 3.20. The van der Waals surface area contributed by atoms with Gasteiger partial charge in [-0.3, -0.25) is 0 Å². The first-order valence-electron chi connectivity index (χ1n) is 9.91. The molecule has 30 heavy (non-hydrogen) atoms. The summed E-state index contributed by atoms with van der Waals surface area (Å²) >= 11 is 0. The van der Waals surface area contributed by atoms with Crippen LogP contribution < -0.4 is 25.0 Å². The molecule has 0 saturated carbocycles. The van der Waals surface area contributed by atoms with Crippen LogP contribution in [0.25, 0.3) is 0 Å². The largest absolute Gasteiger partial charge is 0.481 e. The molecule has 1 aromatic heterocycles. The molecule has 2 aromatic rings. The van der Waals surface area contributed by atoms with Crippen LogP contribution in [0.2, 0.25) is 0 Å². The normalized spacial score (nSPS) is 16.6. The van der Waals surface area contributed by atoms with Crippen molar-refractivity contribution in [2.75, 3.05) is 31.6 Å². The highest BCUT2D eigenvalue weighted by molar-refractivity contribution is 5.80. The molecule has 0 aliphatic carbocycles. The smallest absolute Gasteiger partial charge is 0.387 e. The maximum absolute atomic E-state index is 12.7. The molecule has 2 N–H and O–H groups in total. The average molecular weight is 419 g/mol. The maximum atomic E-state index is 12.7. The van der Waals surface area contributed by atoms with E-state index in [1.54, 1.807) is 31.5 Å². The van der Waals surface area contributed by atoms with E-state index in [1.165, 1.54) is 0 Å². The maximum Gasteiger partial charge on any atom is 0.387 e. The molecule has 7 nitrogen and oxygen atoms in total. The van der Waals surface area contributed by atoms with Crippen molar-refractivity contribution in [3.05, 3.63) is 48.2 Å². The summed E-state index contributed by atoms with van der Waals surface area (Å²) in [6, 6.07) is 10.8. The Labute approximate surface area is 175 Å². The number of halogens is 2. The number of aromatic nitrogens is 1. The number of hydrogen-bond donors (Lipinski definition) is 2. The summed E-state index contributed by atoms with van der Waals surface area (Å²) in [5, 5.41) is 6.69. The zero-order valence-corrected chi connectivity index (χ0v) is 17.1. The highest BCUT2D eigenvalue weighted by Crippen LogP contribution is 2.31. The minimum Gasteiger partial charge on any atom is -0.481 e. The predicted molar refractivity (Wildman–Crippen MR) is 112 cm³/mol. The lowest BCUT2D eigenvalue weighted by Crippen LogP contribution is -2.44. The third-order valence-electron chi connectivity index (χ3n) is 4.72. The van der Waals surface area contributed by atoms with Gasteiger partial charge in [0.25, 0.3) is 0 Å². The first-order chi connectivity index (χ1) is 14.6. The molecule has 0 amide bonds. The van der Waals surface area contributed by atoms with Crippen LogP contribution >= 0.6 is 0 Å². The molecule has 0 bridgehead atoms. The van der Waals surface area contributed by atoms with Crippen molar-refractivity contribution in [2.24, 2.45) is 4.99 Å². The van der Waals surface area contributed by atoms with E-state index in [2.05, 4.69) is 25.3 Å². The zero-order valence-electron chi connectivity index (χ0n) is 17.1. The fourth-order valence-corrected chi connectivity index (χ4v) is 3.36. The minimum absolute atomic E-state index is 0.134. The van der Waals surface area contributed by atoms with Crippen LogP contribution in [0.15, 0.2) is 47.6 Å². The summed E-state index contributed by atoms with van der Waals surface area (Å²) in [6.07, 6.45) is 2.55. The number of hydrogen-bond acceptors (Lipinski definition) is 5. The van der Waals surface area contributed by atoms with Crippen LogP contribution in [-0.2, 0) is 6.54 Å². The zero-order chi connectivity index (χ0) is 21.3. The molecule has 1 atom stereocenters. The van der Waals surface area contributed by atoms with Crippen LogP contribution in [0.4, 0.5) is 14.5 Å². The molecule has 1 fully saturated rings. The molecule has 1 saturated heterocycles. The van der Waals surface area contributed by atoms with Crippen molar-refractivity contribution < 1.29 is 18.3 Å². The van der Waals surface area contributed by atoms with Gasteiger partial charge in [-0.2, -0.15) is 8.78 Å². The highest BCUT2D eigenvalue weighted by atomic mass is 19.3. The van der Waals surface area contributed by atoms with Gasteiger partial charge < -0.3 is 25.0 Å². The number of para-hydroxylation sites is 2. The number of ether oxygens (including phenoxy) is 2. The monoisotopic (exact) mass is 419 g/mol. The number of guanidine groups is 1. The highest BCUT2D eigenvalue weighted by Gasteiger charge is 2.26. The molecule has 0 spiro atoms. The Bertz CT molecular complexity index is 850. The van der Waals surface area contributed by atoms with E-state index < -0.39 is 6.61 Å². The number of nitrogens with one attached hydrogen (secondary N) is 2. The SMILES string of the molecule is CCNC(=NCc1ccnc(OC)c1)NC1CCN(c2ccccc2OC(F)F)C1. The number of pyridine rings is 1. The molecular weight excluding hydrogens is 392 g/mol. The lowest BCUT2D eigenvalue weighted by atomic mass is 10.2. The quantitative estimate of drug-likeness (QED) is 0.506. The molecular formula is C21H27F2N5O2. The molecule has 1 aliphatic heterocycles. The first-order valence-corrected chi connectivity index (χ1v) is 9.91. The van der Waals surface area contributed by atoms with E-state index in [0.717, 1.165) is 25.1 Å². The Morgan fingerprint density at radius 3 is 2.93 bits per heavy atom. The van der Waals surface area contributed by atoms with Gasteiger partial charge >= 0.3 is 6.61 Å². The second-order valence-electron chi connectivity index (χ2n) is 6.82. The number of alkyl halides is 2. The summed E-state index contributed by atoms with van der Waals surface area (Å²) in [5.41, 5.74) is 1.66. The van der Waals surface area contributed by atoms with E-state index in [4.69, 9.17) is 4.74 Å². The molecule has 1 aliphatic rings. The summed E-state index contributed by atoms with van der Waals surface area (Å²) in [7, 11) is 1.58. The van der Waals surface area contributed by atoms with Crippen LogP contribution in [0.1, 0.15) is 18.9 Å². The Kier molecular flexibility index (Phi) is 7.64. The first kappa shape index (κ1) is 21.6. The second-order valence-corrected chi connectivity index (χ2v) is 6.82. The van der Waals surface area contributed by atoms with Gasteiger partial charge in [-0.1, -0.05) is 12.1 Å². The molecule has 1 aromatic carbocycles. The number of rotatable bonds is 8. The molecule has 162 valence electrons. The predicted octanol–water partition coefficient (Wildman–Crippen LogP) is 3.03. The van der Waals surface area contributed by atoms with Gasteiger partial charge in [-0.15, -0.1) is 0 Å². The lowest BCUT2D eigenvalue weighted by Gasteiger charge is -2.22. The number of aliphatic imine (C=N–C) groups is 1. The van der Waals surface area contributed by atoms with E-state index in [0.29, 0.717) is 30.6 Å². The van der Waals surface area contributed by atoms with Crippen LogP contribution in [0.5, 0.6) is 11.6 Å². The van der Waals surface area contributed by atoms with Gasteiger partial charge in [0.2, 0.25) is 5.88 Å². The molecule has 0 radical (unpaired) electrons. The van der Waals surface area contributed by atoms with Crippen molar-refractivity contribution in [3.63, 3.8) is 0 Å². The second kappa shape index (κ2) is 10.6. The van der Waals surface area contributed by atoms with E-state index >= 15 is 0 Å². The van der Waals surface area contributed by atoms with Crippen molar-refractivity contribution in [2.45, 2.75) is 32.5 Å². The lowest BCUT2D eigenvalue weighted by molar-refractivity contribution is -0.0495. The Morgan fingerprint density at radius 1 is 1.33 bits per heavy atom. The summed E-state index contributed by atoms with van der Waals surface area (Å²) < 4.78 is 35.2. The summed E-state index contributed by atoms with van der Waals surface area (Å²) in [4.78, 5) is 10.8. The molecule has 3 rings (SSSR count). The van der Waals surface area contributed by atoms with Crippen molar-refractivity contribution in [1.82, 2.24) is 15.6 Å². The topological polar surface area (TPSA) is 71.0 Å². The summed E-state index contributed by atoms with van der Waals surface area (Å²) in [5.74, 6) is 1.45. The van der Waals surface area contributed by atoms with Crippen LogP contribution in [0.3, 0.4) is 0 Å². The van der Waals surface area contributed by atoms with Crippen LogP contribution in [0, 0.1) is 0 Å². The Hall–Kier alpha value is -3.10. The fourth-order valence-electron chi connectivity index (χ4n) is 3.36. The number of methoxy groups -OCH3 is 1. The summed E-state index contributed by atoms with van der Waals surface area (Å²) in [6.45, 7) is 1.77. The number of anilines is 1. The molecule has 9 heteroatoms. The Morgan fingerprint density at radius 2 is 2.17 bits per heavy atom. The van der Waals surface area contributed by atoms with Gasteiger partial charge in [-0.25, -0.2) is 9.98 Å². The van der Waals surface area contributed by atoms with Crippen molar-refractivity contribution in [1.29, 1.82) is 0 Å². The standard InChI is InChI=1S/C21H27F2N5O2/c1-3-24-21(26-13-15-8-10-25-19(12-15)29-2)27-16-9-11-28(14-16)17-6-4-5-7-18(17)30-20(22)23/h4-8,10,12,16,20H,3,9,11,13-14H2,1-2H3,(H2,24,26,27). The fraction of sp³-hybridized carbons (Fsp3) is 0.429. The van der Waals surface area contributed by atoms with Crippen LogP contribution in [-0.4, -0.2) is 50.3 Å². The minimum atomic E-state index is -2.85.